The van der Waals surface area contributed by atoms with Crippen molar-refractivity contribution in [2.75, 3.05) is 13.2 Å². The Labute approximate surface area is 178 Å². The van der Waals surface area contributed by atoms with E-state index in [0.29, 0.717) is 17.9 Å². The molecule has 6 heteroatoms. The zero-order valence-electron chi connectivity index (χ0n) is 18.2. The summed E-state index contributed by atoms with van der Waals surface area (Å²) in [6, 6.07) is 13.0. The number of aryl methyl sites for hydroxylation is 1. The summed E-state index contributed by atoms with van der Waals surface area (Å²) in [5, 5.41) is 2.84. The van der Waals surface area contributed by atoms with E-state index in [-0.39, 0.29) is 30.9 Å². The molecule has 0 aromatic heterocycles. The number of rotatable bonds is 10. The van der Waals surface area contributed by atoms with Crippen LogP contribution in [0.1, 0.15) is 38.8 Å². The number of amides is 2. The van der Waals surface area contributed by atoms with Crippen molar-refractivity contribution >= 4 is 11.8 Å². The van der Waals surface area contributed by atoms with Gasteiger partial charge in [-0.2, -0.15) is 0 Å². The largest absolute Gasteiger partial charge is 0.484 e. The van der Waals surface area contributed by atoms with Gasteiger partial charge in [-0.15, -0.1) is 0 Å². The van der Waals surface area contributed by atoms with E-state index in [9.17, 15) is 14.0 Å². The number of hydrogen-bond donors (Lipinski definition) is 1. The quantitative estimate of drug-likeness (QED) is 0.640. The zero-order chi connectivity index (χ0) is 22.1. The molecule has 162 valence electrons. The van der Waals surface area contributed by atoms with E-state index >= 15 is 0 Å². The minimum atomic E-state index is -0.762. The van der Waals surface area contributed by atoms with Crippen molar-refractivity contribution in [1.82, 2.24) is 10.2 Å². The van der Waals surface area contributed by atoms with Crippen LogP contribution in [0.5, 0.6) is 5.75 Å². The average molecular weight is 415 g/mol. The van der Waals surface area contributed by atoms with Gasteiger partial charge in [0.15, 0.2) is 6.61 Å². The third kappa shape index (κ3) is 6.87. The summed E-state index contributed by atoms with van der Waals surface area (Å²) >= 11 is 0. The van der Waals surface area contributed by atoms with Crippen LogP contribution in [0.2, 0.25) is 0 Å². The molecular formula is C24H31FN2O3. The highest BCUT2D eigenvalue weighted by Gasteiger charge is 2.27. The van der Waals surface area contributed by atoms with Crippen molar-refractivity contribution in [2.45, 2.75) is 46.7 Å². The van der Waals surface area contributed by atoms with Crippen molar-refractivity contribution in [2.24, 2.45) is 5.92 Å². The number of nitrogens with zero attached hydrogens (tertiary/aromatic N) is 1. The third-order valence-corrected chi connectivity index (χ3v) is 4.84. The minimum absolute atomic E-state index is 0.0140. The number of benzene rings is 2. The van der Waals surface area contributed by atoms with Crippen LogP contribution >= 0.6 is 0 Å². The van der Waals surface area contributed by atoms with Crippen LogP contribution in [-0.4, -0.2) is 35.9 Å². The van der Waals surface area contributed by atoms with Crippen LogP contribution in [0.15, 0.2) is 48.5 Å². The van der Waals surface area contributed by atoms with Crippen LogP contribution < -0.4 is 10.1 Å². The Kier molecular flexibility index (Phi) is 8.84. The van der Waals surface area contributed by atoms with Gasteiger partial charge in [-0.1, -0.05) is 51.1 Å². The number of nitrogens with one attached hydrogen (secondary N) is 1. The first-order chi connectivity index (χ1) is 14.3. The summed E-state index contributed by atoms with van der Waals surface area (Å²) in [4.78, 5) is 26.9. The first-order valence-electron chi connectivity index (χ1n) is 10.3. The Morgan fingerprint density at radius 1 is 1.07 bits per heavy atom. The lowest BCUT2D eigenvalue weighted by molar-refractivity contribution is -0.142. The summed E-state index contributed by atoms with van der Waals surface area (Å²) in [6.07, 6.45) is 0.915. The Hall–Kier alpha value is -2.89. The summed E-state index contributed by atoms with van der Waals surface area (Å²) < 4.78 is 19.8. The van der Waals surface area contributed by atoms with E-state index in [1.54, 1.807) is 25.1 Å². The molecule has 1 N–H and O–H groups in total. The molecular weight excluding hydrogens is 383 g/mol. The molecule has 0 radical (unpaired) electrons. The molecule has 2 aromatic carbocycles. The van der Waals surface area contributed by atoms with Crippen molar-refractivity contribution < 1.29 is 18.7 Å². The van der Waals surface area contributed by atoms with Crippen LogP contribution in [0, 0.1) is 11.7 Å². The molecule has 30 heavy (non-hydrogen) atoms. The molecule has 0 saturated heterocycles. The van der Waals surface area contributed by atoms with Crippen LogP contribution in [-0.2, 0) is 22.6 Å². The van der Waals surface area contributed by atoms with Crippen molar-refractivity contribution in [3.8, 4) is 5.75 Å². The first-order valence-corrected chi connectivity index (χ1v) is 10.3. The van der Waals surface area contributed by atoms with Gasteiger partial charge in [-0.3, -0.25) is 9.59 Å². The van der Waals surface area contributed by atoms with Crippen LogP contribution in [0.3, 0.4) is 0 Å². The van der Waals surface area contributed by atoms with E-state index < -0.39 is 11.9 Å². The highest BCUT2D eigenvalue weighted by Crippen LogP contribution is 2.16. The lowest BCUT2D eigenvalue weighted by Crippen LogP contribution is -2.49. The average Bonchev–Trinajstić information content (AvgIpc) is 2.75. The van der Waals surface area contributed by atoms with Crippen molar-refractivity contribution in [3.63, 3.8) is 0 Å². The van der Waals surface area contributed by atoms with E-state index in [1.807, 2.05) is 38.1 Å². The number of ether oxygens (including phenoxy) is 1. The Morgan fingerprint density at radius 2 is 1.73 bits per heavy atom. The van der Waals surface area contributed by atoms with Crippen molar-refractivity contribution in [1.29, 1.82) is 0 Å². The fourth-order valence-electron chi connectivity index (χ4n) is 2.89. The summed E-state index contributed by atoms with van der Waals surface area (Å²) in [5.41, 5.74) is 1.52. The second-order valence-electron chi connectivity index (χ2n) is 7.71. The van der Waals surface area contributed by atoms with Gasteiger partial charge >= 0.3 is 0 Å². The molecule has 0 bridgehead atoms. The van der Waals surface area contributed by atoms with E-state index in [1.165, 1.54) is 16.5 Å². The fraction of sp³-hybridized carbons (Fsp3) is 0.417. The number of hydrogen-bond acceptors (Lipinski definition) is 3. The Balaban J connectivity index is 2.12. The number of carbonyl (C=O) groups excluding carboxylic acids is 2. The molecule has 0 saturated carbocycles. The molecule has 0 aliphatic carbocycles. The van der Waals surface area contributed by atoms with Crippen LogP contribution in [0.25, 0.3) is 0 Å². The molecule has 2 rings (SSSR count). The maximum Gasteiger partial charge on any atom is 0.261 e. The monoisotopic (exact) mass is 414 g/mol. The second-order valence-corrected chi connectivity index (χ2v) is 7.71. The highest BCUT2D eigenvalue weighted by atomic mass is 19.1. The lowest BCUT2D eigenvalue weighted by atomic mass is 10.1. The predicted molar refractivity (Wildman–Crippen MR) is 116 cm³/mol. The highest BCUT2D eigenvalue weighted by molar-refractivity contribution is 5.87. The summed E-state index contributed by atoms with van der Waals surface area (Å²) in [7, 11) is 0. The van der Waals surface area contributed by atoms with Gasteiger partial charge in [-0.25, -0.2) is 4.39 Å². The molecule has 2 amide bonds. The first kappa shape index (κ1) is 23.4. The zero-order valence-corrected chi connectivity index (χ0v) is 18.2. The SMILES string of the molecule is CCc1ccc(OCC(=O)N(Cc2ccccc2F)[C@H](C)C(=O)NCC(C)C)cc1. The van der Waals surface area contributed by atoms with Gasteiger partial charge in [-0.05, 0) is 43.0 Å². The molecule has 0 aliphatic heterocycles. The Bertz CT molecular complexity index is 837. The maximum atomic E-state index is 14.2. The molecule has 2 aromatic rings. The normalized spacial score (nSPS) is 11.8. The molecule has 1 atom stereocenters. The molecule has 0 heterocycles. The van der Waals surface area contributed by atoms with Gasteiger partial charge in [0.2, 0.25) is 5.91 Å². The number of halogens is 1. The van der Waals surface area contributed by atoms with Gasteiger partial charge in [0.25, 0.3) is 5.91 Å². The minimum Gasteiger partial charge on any atom is -0.484 e. The third-order valence-electron chi connectivity index (χ3n) is 4.84. The molecule has 5 nitrogen and oxygen atoms in total. The standard InChI is InChI=1S/C24H31FN2O3/c1-5-19-10-12-21(13-11-19)30-16-23(28)27(15-20-8-6-7-9-22(20)25)18(4)24(29)26-14-17(2)3/h6-13,17-18H,5,14-16H2,1-4H3,(H,26,29)/t18-/m1/s1. The Morgan fingerprint density at radius 3 is 2.33 bits per heavy atom. The predicted octanol–water partition coefficient (Wildman–Crippen LogP) is 3.96. The maximum absolute atomic E-state index is 14.2. The van der Waals surface area contributed by atoms with Gasteiger partial charge < -0.3 is 15.0 Å². The van der Waals surface area contributed by atoms with Crippen LogP contribution in [0.4, 0.5) is 4.39 Å². The molecule has 0 aliphatic rings. The smallest absolute Gasteiger partial charge is 0.261 e. The van der Waals surface area contributed by atoms with Gasteiger partial charge in [0, 0.05) is 18.7 Å². The lowest BCUT2D eigenvalue weighted by Gasteiger charge is -2.29. The molecule has 0 unspecified atom stereocenters. The molecule has 0 fully saturated rings. The van der Waals surface area contributed by atoms with E-state index in [4.69, 9.17) is 4.74 Å². The van der Waals surface area contributed by atoms with Gasteiger partial charge in [0.1, 0.15) is 17.6 Å². The number of carbonyl (C=O) groups is 2. The second kappa shape index (κ2) is 11.3. The fourth-order valence-corrected chi connectivity index (χ4v) is 2.89. The van der Waals surface area contributed by atoms with E-state index in [2.05, 4.69) is 12.2 Å². The topological polar surface area (TPSA) is 58.6 Å². The van der Waals surface area contributed by atoms with Crippen molar-refractivity contribution in [3.05, 3.63) is 65.5 Å². The van der Waals surface area contributed by atoms with Gasteiger partial charge in [0.05, 0.1) is 0 Å². The van der Waals surface area contributed by atoms with E-state index in [0.717, 1.165) is 6.42 Å². The molecule has 0 spiro atoms. The summed E-state index contributed by atoms with van der Waals surface area (Å²) in [6.45, 7) is 7.94. The summed E-state index contributed by atoms with van der Waals surface area (Å²) in [5.74, 6) is -0.221.